The molecule has 4 aromatic rings. The number of sulfonamides is 1. The molecule has 4 rings (SSSR count). The third kappa shape index (κ3) is 7.87. The van der Waals surface area contributed by atoms with E-state index in [1.54, 1.807) is 60.7 Å². The fourth-order valence-electron chi connectivity index (χ4n) is 3.92. The van der Waals surface area contributed by atoms with Crippen LogP contribution in [-0.4, -0.2) is 34.2 Å². The third-order valence-corrected chi connectivity index (χ3v) is 8.09. The van der Waals surface area contributed by atoms with Crippen molar-refractivity contribution < 1.29 is 22.7 Å². The Morgan fingerprint density at radius 3 is 2.34 bits per heavy atom. The average Bonchev–Trinajstić information content (AvgIpc) is 2.95. The van der Waals surface area contributed by atoms with Gasteiger partial charge in [-0.3, -0.25) is 9.10 Å². The van der Waals surface area contributed by atoms with E-state index in [0.717, 1.165) is 21.0 Å². The number of benzene rings is 4. The molecule has 41 heavy (non-hydrogen) atoms. The standard InChI is InChI=1S/C31H30ClN3O5S/c1-22-7-14-28(15-8-22)41(37,38)35(29-17-23(2)9-16-30(29)39-3)20-31(36)34-33-19-24-10-12-27(13-11-24)40-21-25-5-4-6-26(32)18-25/h4-19H,20-21H2,1-3H3,(H,34,36)/b33-19-. The molecular weight excluding hydrogens is 562 g/mol. The van der Waals surface area contributed by atoms with Gasteiger partial charge in [0.25, 0.3) is 15.9 Å². The van der Waals surface area contributed by atoms with Gasteiger partial charge in [0.1, 0.15) is 24.7 Å². The number of rotatable bonds is 11. The summed E-state index contributed by atoms with van der Waals surface area (Å²) in [5.41, 5.74) is 6.06. The number of anilines is 1. The van der Waals surface area contributed by atoms with Gasteiger partial charge in [-0.1, -0.05) is 47.5 Å². The highest BCUT2D eigenvalue weighted by Gasteiger charge is 2.29. The van der Waals surface area contributed by atoms with Crippen LogP contribution in [0.25, 0.3) is 0 Å². The molecule has 1 amide bonds. The third-order valence-electron chi connectivity index (χ3n) is 6.08. The van der Waals surface area contributed by atoms with Crippen molar-refractivity contribution in [1.82, 2.24) is 5.43 Å². The van der Waals surface area contributed by atoms with Gasteiger partial charge in [0.2, 0.25) is 0 Å². The number of hydrazone groups is 1. The van der Waals surface area contributed by atoms with Gasteiger partial charge < -0.3 is 9.47 Å². The fourth-order valence-corrected chi connectivity index (χ4v) is 5.56. The summed E-state index contributed by atoms with van der Waals surface area (Å²) in [6.45, 7) is 3.56. The second-order valence-corrected chi connectivity index (χ2v) is 11.6. The lowest BCUT2D eigenvalue weighted by Gasteiger charge is -2.25. The maximum absolute atomic E-state index is 13.7. The van der Waals surface area contributed by atoms with Crippen molar-refractivity contribution in [2.75, 3.05) is 18.0 Å². The molecule has 0 aliphatic rings. The van der Waals surface area contributed by atoms with Crippen LogP contribution in [0.1, 0.15) is 22.3 Å². The van der Waals surface area contributed by atoms with Crippen molar-refractivity contribution in [3.8, 4) is 11.5 Å². The molecule has 4 aromatic carbocycles. The van der Waals surface area contributed by atoms with Crippen LogP contribution in [-0.2, 0) is 21.4 Å². The van der Waals surface area contributed by atoms with Crippen LogP contribution in [0.4, 0.5) is 5.69 Å². The Labute approximate surface area is 245 Å². The van der Waals surface area contributed by atoms with Crippen molar-refractivity contribution in [3.05, 3.63) is 118 Å². The van der Waals surface area contributed by atoms with Crippen LogP contribution >= 0.6 is 11.6 Å². The summed E-state index contributed by atoms with van der Waals surface area (Å²) in [5.74, 6) is 0.359. The smallest absolute Gasteiger partial charge is 0.264 e. The number of hydrogen-bond acceptors (Lipinski definition) is 6. The normalized spacial score (nSPS) is 11.3. The van der Waals surface area contributed by atoms with Gasteiger partial charge >= 0.3 is 0 Å². The van der Waals surface area contributed by atoms with E-state index in [9.17, 15) is 13.2 Å². The Bertz CT molecular complexity index is 1640. The van der Waals surface area contributed by atoms with E-state index in [1.165, 1.54) is 25.5 Å². The average molecular weight is 592 g/mol. The number of nitrogens with zero attached hydrogens (tertiary/aromatic N) is 2. The summed E-state index contributed by atoms with van der Waals surface area (Å²) < 4.78 is 39.6. The van der Waals surface area contributed by atoms with E-state index in [0.29, 0.717) is 28.7 Å². The SMILES string of the molecule is COc1ccc(C)cc1N(CC(=O)N/N=C\c1ccc(OCc2cccc(Cl)c2)cc1)S(=O)(=O)c1ccc(C)cc1. The Balaban J connectivity index is 1.46. The molecule has 0 unspecified atom stereocenters. The van der Waals surface area contributed by atoms with Gasteiger partial charge in [-0.15, -0.1) is 0 Å². The molecule has 0 saturated heterocycles. The highest BCUT2D eigenvalue weighted by Crippen LogP contribution is 2.33. The van der Waals surface area contributed by atoms with E-state index in [1.807, 2.05) is 32.0 Å². The first-order valence-electron chi connectivity index (χ1n) is 12.7. The number of carbonyl (C=O) groups is 1. The topological polar surface area (TPSA) is 97.3 Å². The largest absolute Gasteiger partial charge is 0.495 e. The van der Waals surface area contributed by atoms with Crippen molar-refractivity contribution in [2.24, 2.45) is 5.10 Å². The number of ether oxygens (including phenoxy) is 2. The molecule has 0 radical (unpaired) electrons. The molecule has 0 fully saturated rings. The van der Waals surface area contributed by atoms with E-state index >= 15 is 0 Å². The number of halogens is 1. The first-order chi connectivity index (χ1) is 19.7. The Hall–Kier alpha value is -4.34. The summed E-state index contributed by atoms with van der Waals surface area (Å²) in [6, 6.07) is 26.1. The predicted octanol–water partition coefficient (Wildman–Crippen LogP) is 5.89. The summed E-state index contributed by atoms with van der Waals surface area (Å²) in [6.07, 6.45) is 1.46. The van der Waals surface area contributed by atoms with E-state index in [4.69, 9.17) is 21.1 Å². The number of carbonyl (C=O) groups excluding carboxylic acids is 1. The molecule has 212 valence electrons. The molecule has 0 bridgehead atoms. The highest BCUT2D eigenvalue weighted by atomic mass is 35.5. The van der Waals surface area contributed by atoms with Gasteiger partial charge in [-0.05, 0) is 91.2 Å². The zero-order chi connectivity index (χ0) is 29.4. The molecule has 0 spiro atoms. The number of methoxy groups -OCH3 is 1. The number of nitrogens with one attached hydrogen (secondary N) is 1. The molecule has 0 aliphatic heterocycles. The van der Waals surface area contributed by atoms with Gasteiger partial charge in [-0.2, -0.15) is 5.10 Å². The molecular formula is C31H30ClN3O5S. The first kappa shape index (κ1) is 29.6. The van der Waals surface area contributed by atoms with Crippen LogP contribution < -0.4 is 19.2 Å². The molecule has 8 nitrogen and oxygen atoms in total. The number of amides is 1. The number of hydrogen-bond donors (Lipinski definition) is 1. The fraction of sp³-hybridized carbons (Fsp3) is 0.161. The van der Waals surface area contributed by atoms with Crippen LogP contribution in [0.3, 0.4) is 0 Å². The maximum Gasteiger partial charge on any atom is 0.264 e. The predicted molar refractivity (Wildman–Crippen MR) is 161 cm³/mol. The molecule has 0 aliphatic carbocycles. The lowest BCUT2D eigenvalue weighted by Crippen LogP contribution is -2.39. The van der Waals surface area contributed by atoms with Crippen molar-refractivity contribution in [1.29, 1.82) is 0 Å². The summed E-state index contributed by atoms with van der Waals surface area (Å²) in [4.78, 5) is 13.0. The maximum atomic E-state index is 13.7. The second-order valence-electron chi connectivity index (χ2n) is 9.28. The van der Waals surface area contributed by atoms with Crippen molar-refractivity contribution >= 4 is 39.4 Å². The van der Waals surface area contributed by atoms with Crippen molar-refractivity contribution in [3.63, 3.8) is 0 Å². The Kier molecular flexibility index (Phi) is 9.65. The van der Waals surface area contributed by atoms with E-state index in [-0.39, 0.29) is 10.6 Å². The lowest BCUT2D eigenvalue weighted by atomic mass is 10.2. The zero-order valence-corrected chi connectivity index (χ0v) is 24.4. The van der Waals surface area contributed by atoms with Crippen LogP contribution in [0, 0.1) is 13.8 Å². The Morgan fingerprint density at radius 2 is 1.66 bits per heavy atom. The van der Waals surface area contributed by atoms with Crippen LogP contribution in [0.15, 0.2) is 101 Å². The summed E-state index contributed by atoms with van der Waals surface area (Å²) >= 11 is 6.01. The quantitative estimate of drug-likeness (QED) is 0.173. The van der Waals surface area contributed by atoms with E-state index in [2.05, 4.69) is 10.5 Å². The minimum Gasteiger partial charge on any atom is -0.495 e. The Morgan fingerprint density at radius 1 is 0.951 bits per heavy atom. The van der Waals surface area contributed by atoms with Gasteiger partial charge in [0, 0.05) is 5.02 Å². The van der Waals surface area contributed by atoms with Gasteiger partial charge in [0.15, 0.2) is 0 Å². The monoisotopic (exact) mass is 591 g/mol. The summed E-state index contributed by atoms with van der Waals surface area (Å²) in [5, 5.41) is 4.66. The van der Waals surface area contributed by atoms with Crippen LogP contribution in [0.5, 0.6) is 11.5 Å². The molecule has 0 heterocycles. The molecule has 0 aromatic heterocycles. The van der Waals surface area contributed by atoms with Crippen LogP contribution in [0.2, 0.25) is 5.02 Å². The first-order valence-corrected chi connectivity index (χ1v) is 14.5. The van der Waals surface area contributed by atoms with E-state index < -0.39 is 22.5 Å². The van der Waals surface area contributed by atoms with Crippen molar-refractivity contribution in [2.45, 2.75) is 25.3 Å². The van der Waals surface area contributed by atoms with Gasteiger partial charge in [-0.25, -0.2) is 13.8 Å². The highest BCUT2D eigenvalue weighted by molar-refractivity contribution is 7.92. The second kappa shape index (κ2) is 13.3. The number of aryl methyl sites for hydroxylation is 2. The molecule has 0 saturated carbocycles. The molecule has 10 heteroatoms. The minimum absolute atomic E-state index is 0.0561. The minimum atomic E-state index is -4.11. The molecule has 0 atom stereocenters. The zero-order valence-electron chi connectivity index (χ0n) is 22.9. The molecule has 1 N–H and O–H groups in total. The summed E-state index contributed by atoms with van der Waals surface area (Å²) in [7, 11) is -2.66. The lowest BCUT2D eigenvalue weighted by molar-refractivity contribution is -0.119. The van der Waals surface area contributed by atoms with Gasteiger partial charge in [0.05, 0.1) is 23.9 Å².